The van der Waals surface area contributed by atoms with E-state index < -0.39 is 11.9 Å². The summed E-state index contributed by atoms with van der Waals surface area (Å²) in [7, 11) is 0. The summed E-state index contributed by atoms with van der Waals surface area (Å²) in [6.45, 7) is 9.96. The molecule has 0 bridgehead atoms. The van der Waals surface area contributed by atoms with Crippen LogP contribution in [0, 0.1) is 0 Å². The number of esters is 2. The molecule has 0 radical (unpaired) electrons. The second-order valence-electron chi connectivity index (χ2n) is 4.30. The third kappa shape index (κ3) is 4.22. The lowest BCUT2D eigenvalue weighted by molar-refractivity contribution is 0.0528. The second kappa shape index (κ2) is 7.68. The predicted octanol–water partition coefficient (Wildman–Crippen LogP) is 2.67. The van der Waals surface area contributed by atoms with Crippen molar-refractivity contribution in [3.63, 3.8) is 0 Å². The molecule has 0 fully saturated rings. The number of nitrogens with two attached hydrogens (primary N) is 1. The Morgan fingerprint density at radius 3 is 2.33 bits per heavy atom. The number of rotatable bonds is 7. The Kier molecular flexibility index (Phi) is 6.23. The van der Waals surface area contributed by atoms with Crippen LogP contribution >= 0.6 is 11.3 Å². The zero-order chi connectivity index (χ0) is 16.0. The molecule has 6 nitrogen and oxygen atoms in total. The molecule has 1 aromatic heterocycles. The molecule has 1 rings (SSSR count). The van der Waals surface area contributed by atoms with E-state index in [9.17, 15) is 9.59 Å². The summed E-state index contributed by atoms with van der Waals surface area (Å²) >= 11 is 1.08. The van der Waals surface area contributed by atoms with Crippen molar-refractivity contribution in [2.75, 3.05) is 30.8 Å². The maximum Gasteiger partial charge on any atom is 0.350 e. The van der Waals surface area contributed by atoms with Crippen LogP contribution in [0.5, 0.6) is 0 Å². The molecule has 0 aliphatic rings. The fourth-order valence-electron chi connectivity index (χ4n) is 1.55. The Morgan fingerprint density at radius 2 is 1.81 bits per heavy atom. The van der Waals surface area contributed by atoms with Crippen molar-refractivity contribution in [1.29, 1.82) is 0 Å². The Bertz CT molecular complexity index is 551. The van der Waals surface area contributed by atoms with Crippen molar-refractivity contribution >= 4 is 34.0 Å². The molecule has 1 aromatic rings. The summed E-state index contributed by atoms with van der Waals surface area (Å²) in [4.78, 5) is 24.1. The number of hydrogen-bond donors (Lipinski definition) is 2. The first-order valence-electron chi connectivity index (χ1n) is 6.57. The molecular formula is C14H20N2O4S. The van der Waals surface area contributed by atoms with E-state index in [2.05, 4.69) is 11.9 Å². The van der Waals surface area contributed by atoms with E-state index in [1.807, 2.05) is 6.92 Å². The number of thiophene rings is 1. The molecule has 7 heteroatoms. The van der Waals surface area contributed by atoms with Gasteiger partial charge in [0.2, 0.25) is 0 Å². The van der Waals surface area contributed by atoms with Gasteiger partial charge in [-0.15, -0.1) is 11.3 Å². The van der Waals surface area contributed by atoms with E-state index in [0.29, 0.717) is 11.5 Å². The van der Waals surface area contributed by atoms with Crippen LogP contribution in [-0.4, -0.2) is 31.7 Å². The monoisotopic (exact) mass is 312 g/mol. The lowest BCUT2D eigenvalue weighted by Crippen LogP contribution is -2.11. The van der Waals surface area contributed by atoms with E-state index >= 15 is 0 Å². The quantitative estimate of drug-likeness (QED) is 0.594. The fraction of sp³-hybridized carbons (Fsp3) is 0.429. The molecule has 21 heavy (non-hydrogen) atoms. The second-order valence-corrected chi connectivity index (χ2v) is 5.32. The number of nitrogens with one attached hydrogen (secondary N) is 1. The highest BCUT2D eigenvalue weighted by Gasteiger charge is 2.27. The predicted molar refractivity (Wildman–Crippen MR) is 83.9 cm³/mol. The topological polar surface area (TPSA) is 90.6 Å². The Labute approximate surface area is 127 Å². The van der Waals surface area contributed by atoms with Crippen LogP contribution in [0.25, 0.3) is 0 Å². The first-order valence-corrected chi connectivity index (χ1v) is 7.38. The smallest absolute Gasteiger partial charge is 0.350 e. The van der Waals surface area contributed by atoms with Gasteiger partial charge in [-0.2, -0.15) is 0 Å². The van der Waals surface area contributed by atoms with Gasteiger partial charge < -0.3 is 20.5 Å². The van der Waals surface area contributed by atoms with E-state index in [1.54, 1.807) is 13.8 Å². The van der Waals surface area contributed by atoms with Crippen molar-refractivity contribution in [3.8, 4) is 0 Å². The van der Waals surface area contributed by atoms with Gasteiger partial charge in [0.15, 0.2) is 0 Å². The van der Waals surface area contributed by atoms with Crippen LogP contribution in [0.2, 0.25) is 0 Å². The first kappa shape index (κ1) is 17.0. The van der Waals surface area contributed by atoms with E-state index in [4.69, 9.17) is 15.2 Å². The molecule has 0 atom stereocenters. The van der Waals surface area contributed by atoms with Gasteiger partial charge in [-0.3, -0.25) is 0 Å². The van der Waals surface area contributed by atoms with Crippen molar-refractivity contribution in [3.05, 3.63) is 22.6 Å². The lowest BCUT2D eigenvalue weighted by atomic mass is 10.2. The highest BCUT2D eigenvalue weighted by Crippen LogP contribution is 2.36. The van der Waals surface area contributed by atoms with Crippen LogP contribution in [-0.2, 0) is 9.47 Å². The molecule has 3 N–H and O–H groups in total. The van der Waals surface area contributed by atoms with Gasteiger partial charge in [0, 0.05) is 6.54 Å². The minimum atomic E-state index is -0.564. The largest absolute Gasteiger partial charge is 0.462 e. The molecule has 0 aliphatic heterocycles. The minimum absolute atomic E-state index is 0.0844. The third-order valence-electron chi connectivity index (χ3n) is 2.44. The minimum Gasteiger partial charge on any atom is -0.462 e. The number of carbonyl (C=O) groups is 2. The van der Waals surface area contributed by atoms with Crippen LogP contribution < -0.4 is 11.1 Å². The van der Waals surface area contributed by atoms with Crippen LogP contribution in [0.3, 0.4) is 0 Å². The van der Waals surface area contributed by atoms with Crippen LogP contribution in [0.4, 0.5) is 10.7 Å². The summed E-state index contributed by atoms with van der Waals surface area (Å²) in [5.41, 5.74) is 7.06. The van der Waals surface area contributed by atoms with E-state index in [0.717, 1.165) is 16.9 Å². The van der Waals surface area contributed by atoms with E-state index in [1.165, 1.54) is 0 Å². The highest BCUT2D eigenvalue weighted by molar-refractivity contribution is 7.19. The van der Waals surface area contributed by atoms with Gasteiger partial charge >= 0.3 is 11.9 Å². The SMILES string of the molecule is C=C(C)CNc1sc(C(=O)OCC)c(N)c1C(=O)OCC. The van der Waals surface area contributed by atoms with Crippen LogP contribution in [0.1, 0.15) is 40.8 Å². The van der Waals surface area contributed by atoms with E-state index in [-0.39, 0.29) is 29.3 Å². The fourth-order valence-corrected chi connectivity index (χ4v) is 2.55. The molecular weight excluding hydrogens is 292 g/mol. The van der Waals surface area contributed by atoms with Crippen LogP contribution in [0.15, 0.2) is 12.2 Å². The first-order chi connectivity index (χ1) is 9.92. The zero-order valence-electron chi connectivity index (χ0n) is 12.4. The standard InChI is InChI=1S/C14H20N2O4S/c1-5-19-13(17)9-10(15)11(14(18)20-6-2)21-12(9)16-7-8(3)4/h16H,3,5-7,15H2,1-2,4H3. The number of carbonyl (C=O) groups excluding carboxylic acids is 2. The van der Waals surface area contributed by atoms with Gasteiger partial charge in [-0.05, 0) is 20.8 Å². The summed E-state index contributed by atoms with van der Waals surface area (Å²) in [6.07, 6.45) is 0. The van der Waals surface area contributed by atoms with Gasteiger partial charge in [-0.1, -0.05) is 12.2 Å². The maximum absolute atomic E-state index is 12.0. The zero-order valence-corrected chi connectivity index (χ0v) is 13.3. The lowest BCUT2D eigenvalue weighted by Gasteiger charge is -2.07. The Morgan fingerprint density at radius 1 is 1.24 bits per heavy atom. The van der Waals surface area contributed by atoms with Gasteiger partial charge in [-0.25, -0.2) is 9.59 Å². The van der Waals surface area contributed by atoms with Crippen molar-refractivity contribution in [2.45, 2.75) is 20.8 Å². The van der Waals surface area contributed by atoms with Crippen molar-refractivity contribution in [1.82, 2.24) is 0 Å². The Hall–Kier alpha value is -2.02. The molecule has 0 aromatic carbocycles. The summed E-state index contributed by atoms with van der Waals surface area (Å²) in [5, 5.41) is 3.52. The molecule has 0 saturated carbocycles. The number of hydrogen-bond acceptors (Lipinski definition) is 7. The molecule has 0 saturated heterocycles. The summed E-state index contributed by atoms with van der Waals surface area (Å²) in [5.74, 6) is -1.11. The average Bonchev–Trinajstić information content (AvgIpc) is 2.74. The van der Waals surface area contributed by atoms with Crippen molar-refractivity contribution < 1.29 is 19.1 Å². The van der Waals surface area contributed by atoms with Gasteiger partial charge in [0.25, 0.3) is 0 Å². The third-order valence-corrected chi connectivity index (χ3v) is 3.58. The molecule has 0 unspecified atom stereocenters. The number of anilines is 2. The average molecular weight is 312 g/mol. The number of ether oxygens (including phenoxy) is 2. The molecule has 1 heterocycles. The maximum atomic E-state index is 12.0. The van der Waals surface area contributed by atoms with Crippen molar-refractivity contribution in [2.24, 2.45) is 0 Å². The summed E-state index contributed by atoms with van der Waals surface area (Å²) in [6, 6.07) is 0. The molecule has 0 aliphatic carbocycles. The number of nitrogen functional groups attached to an aromatic ring is 1. The normalized spacial score (nSPS) is 10.0. The molecule has 0 spiro atoms. The summed E-state index contributed by atoms with van der Waals surface area (Å²) < 4.78 is 9.92. The van der Waals surface area contributed by atoms with Gasteiger partial charge in [0.1, 0.15) is 15.4 Å². The van der Waals surface area contributed by atoms with Gasteiger partial charge in [0.05, 0.1) is 18.9 Å². The molecule has 0 amide bonds. The highest BCUT2D eigenvalue weighted by atomic mass is 32.1. The molecule has 116 valence electrons. The Balaban J connectivity index is 3.19.